The van der Waals surface area contributed by atoms with Crippen LogP contribution in [0.1, 0.15) is 23.5 Å². The molecule has 8 heteroatoms. The number of amides is 1. The zero-order valence-electron chi connectivity index (χ0n) is 11.4. The molecule has 0 radical (unpaired) electrons. The third-order valence-corrected chi connectivity index (χ3v) is 3.03. The monoisotopic (exact) mass is 283 g/mol. The lowest BCUT2D eigenvalue weighted by molar-refractivity contribution is -0.117. The summed E-state index contributed by atoms with van der Waals surface area (Å²) in [5.41, 5.74) is 1.59. The van der Waals surface area contributed by atoms with E-state index in [-0.39, 0.29) is 18.1 Å². The number of rotatable bonds is 4. The number of carbonyl (C=O) groups excluding carboxylic acids is 1. The lowest BCUT2D eigenvalue weighted by atomic mass is 10.3. The standard InChI is InChI=1S/C12H15F2N5O/c1-7-4-9(12(13)14)17-19(7)6-11(20)16-10-5-15-18(3)8(10)2/h4-5,12H,6H2,1-3H3,(H,16,20). The van der Waals surface area contributed by atoms with Gasteiger partial charge in [0.2, 0.25) is 5.91 Å². The van der Waals surface area contributed by atoms with Crippen LogP contribution in [0.4, 0.5) is 14.5 Å². The zero-order chi connectivity index (χ0) is 14.9. The summed E-state index contributed by atoms with van der Waals surface area (Å²) in [6, 6.07) is 1.27. The molecule has 2 heterocycles. The highest BCUT2D eigenvalue weighted by Crippen LogP contribution is 2.18. The second kappa shape index (κ2) is 5.40. The SMILES string of the molecule is Cc1c(NC(=O)Cn2nc(C(F)F)cc2C)cnn1C. The summed E-state index contributed by atoms with van der Waals surface area (Å²) in [5.74, 6) is -0.340. The third-order valence-electron chi connectivity index (χ3n) is 3.03. The summed E-state index contributed by atoms with van der Waals surface area (Å²) in [6.45, 7) is 3.32. The van der Waals surface area contributed by atoms with E-state index in [1.807, 2.05) is 6.92 Å². The van der Waals surface area contributed by atoms with Gasteiger partial charge in [-0.2, -0.15) is 10.2 Å². The van der Waals surface area contributed by atoms with Crippen molar-refractivity contribution >= 4 is 11.6 Å². The summed E-state index contributed by atoms with van der Waals surface area (Å²) in [7, 11) is 1.76. The Kier molecular flexibility index (Phi) is 3.82. The van der Waals surface area contributed by atoms with Gasteiger partial charge in [0.25, 0.3) is 6.43 Å². The Labute approximate surface area is 114 Å². The Balaban J connectivity index is 2.06. The van der Waals surface area contributed by atoms with Crippen molar-refractivity contribution in [3.05, 3.63) is 29.3 Å². The van der Waals surface area contributed by atoms with Crippen LogP contribution in [0.2, 0.25) is 0 Å². The van der Waals surface area contributed by atoms with Gasteiger partial charge in [0, 0.05) is 12.7 Å². The molecular formula is C12H15F2N5O. The number of anilines is 1. The van der Waals surface area contributed by atoms with Gasteiger partial charge in [-0.05, 0) is 19.9 Å². The van der Waals surface area contributed by atoms with Crippen molar-refractivity contribution in [2.45, 2.75) is 26.8 Å². The highest BCUT2D eigenvalue weighted by atomic mass is 19.3. The first-order chi connectivity index (χ1) is 9.38. The molecule has 108 valence electrons. The number of carbonyl (C=O) groups is 1. The molecule has 1 N–H and O–H groups in total. The molecule has 0 aliphatic carbocycles. The van der Waals surface area contributed by atoms with Gasteiger partial charge in [-0.15, -0.1) is 0 Å². The fourth-order valence-electron chi connectivity index (χ4n) is 1.75. The lowest BCUT2D eigenvalue weighted by Crippen LogP contribution is -2.20. The van der Waals surface area contributed by atoms with E-state index in [1.165, 1.54) is 16.9 Å². The fourth-order valence-corrected chi connectivity index (χ4v) is 1.75. The number of alkyl halides is 2. The van der Waals surface area contributed by atoms with Crippen LogP contribution < -0.4 is 5.32 Å². The van der Waals surface area contributed by atoms with Crippen LogP contribution in [-0.2, 0) is 18.4 Å². The van der Waals surface area contributed by atoms with Crippen molar-refractivity contribution in [2.75, 3.05) is 5.32 Å². The van der Waals surface area contributed by atoms with Gasteiger partial charge in [0.05, 0.1) is 17.6 Å². The minimum Gasteiger partial charge on any atom is -0.322 e. The molecule has 2 aromatic rings. The van der Waals surface area contributed by atoms with E-state index in [2.05, 4.69) is 15.5 Å². The molecule has 0 saturated carbocycles. The summed E-state index contributed by atoms with van der Waals surface area (Å²) in [6.07, 6.45) is -1.10. The second-order valence-corrected chi connectivity index (χ2v) is 4.48. The molecule has 0 aliphatic heterocycles. The van der Waals surface area contributed by atoms with E-state index < -0.39 is 6.43 Å². The maximum atomic E-state index is 12.5. The van der Waals surface area contributed by atoms with Gasteiger partial charge < -0.3 is 5.32 Å². The predicted octanol–water partition coefficient (Wildman–Crippen LogP) is 1.81. The first-order valence-electron chi connectivity index (χ1n) is 5.99. The van der Waals surface area contributed by atoms with E-state index in [1.54, 1.807) is 18.7 Å². The second-order valence-electron chi connectivity index (χ2n) is 4.48. The minimum atomic E-state index is -2.64. The smallest absolute Gasteiger partial charge is 0.282 e. The van der Waals surface area contributed by atoms with Gasteiger partial charge in [0.1, 0.15) is 12.2 Å². The Morgan fingerprint density at radius 1 is 1.45 bits per heavy atom. The Morgan fingerprint density at radius 2 is 2.15 bits per heavy atom. The van der Waals surface area contributed by atoms with E-state index in [0.717, 1.165) is 5.69 Å². The molecule has 2 rings (SSSR count). The maximum Gasteiger partial charge on any atom is 0.282 e. The van der Waals surface area contributed by atoms with Crippen LogP contribution in [0.25, 0.3) is 0 Å². The van der Waals surface area contributed by atoms with Crippen LogP contribution >= 0.6 is 0 Å². The quantitative estimate of drug-likeness (QED) is 0.930. The van der Waals surface area contributed by atoms with E-state index in [4.69, 9.17) is 0 Å². The molecule has 0 unspecified atom stereocenters. The van der Waals surface area contributed by atoms with Gasteiger partial charge in [-0.25, -0.2) is 8.78 Å². The fraction of sp³-hybridized carbons (Fsp3) is 0.417. The van der Waals surface area contributed by atoms with Crippen LogP contribution in [0.15, 0.2) is 12.3 Å². The van der Waals surface area contributed by atoms with Crippen molar-refractivity contribution in [2.24, 2.45) is 7.05 Å². The van der Waals surface area contributed by atoms with Crippen molar-refractivity contribution in [3.8, 4) is 0 Å². The molecule has 0 aliphatic rings. The average molecular weight is 283 g/mol. The molecule has 1 amide bonds. The van der Waals surface area contributed by atoms with Gasteiger partial charge in [0.15, 0.2) is 0 Å². The van der Waals surface area contributed by atoms with Crippen LogP contribution in [-0.4, -0.2) is 25.5 Å². The van der Waals surface area contributed by atoms with Crippen molar-refractivity contribution < 1.29 is 13.6 Å². The summed E-state index contributed by atoms with van der Waals surface area (Å²) >= 11 is 0. The molecular weight excluding hydrogens is 268 g/mol. The average Bonchev–Trinajstić information content (AvgIpc) is 2.88. The normalized spacial score (nSPS) is 11.1. The first kappa shape index (κ1) is 14.2. The highest BCUT2D eigenvalue weighted by molar-refractivity contribution is 5.90. The molecule has 0 aromatic carbocycles. The molecule has 20 heavy (non-hydrogen) atoms. The Hall–Kier alpha value is -2.25. The number of halogens is 2. The zero-order valence-corrected chi connectivity index (χ0v) is 11.4. The molecule has 0 saturated heterocycles. The molecule has 6 nitrogen and oxygen atoms in total. The lowest BCUT2D eigenvalue weighted by Gasteiger charge is -2.06. The molecule has 0 fully saturated rings. The topological polar surface area (TPSA) is 64.7 Å². The predicted molar refractivity (Wildman–Crippen MR) is 68.5 cm³/mol. The number of aryl methyl sites for hydroxylation is 2. The van der Waals surface area contributed by atoms with Crippen molar-refractivity contribution in [1.82, 2.24) is 19.6 Å². The minimum absolute atomic E-state index is 0.118. The Morgan fingerprint density at radius 3 is 2.65 bits per heavy atom. The number of hydrogen-bond donors (Lipinski definition) is 1. The summed E-state index contributed by atoms with van der Waals surface area (Å²) < 4.78 is 27.9. The van der Waals surface area contributed by atoms with Crippen LogP contribution in [0.3, 0.4) is 0 Å². The summed E-state index contributed by atoms with van der Waals surface area (Å²) in [4.78, 5) is 11.9. The number of hydrogen-bond acceptors (Lipinski definition) is 3. The third kappa shape index (κ3) is 2.84. The molecule has 0 bridgehead atoms. The number of nitrogens with zero attached hydrogens (tertiary/aromatic N) is 4. The summed E-state index contributed by atoms with van der Waals surface area (Å²) in [5, 5.41) is 10.4. The van der Waals surface area contributed by atoms with Crippen molar-refractivity contribution in [1.29, 1.82) is 0 Å². The Bertz CT molecular complexity index is 632. The molecule has 2 aromatic heterocycles. The van der Waals surface area contributed by atoms with E-state index in [0.29, 0.717) is 11.4 Å². The van der Waals surface area contributed by atoms with Gasteiger partial charge in [-0.1, -0.05) is 0 Å². The number of nitrogens with one attached hydrogen (secondary N) is 1. The molecule has 0 atom stereocenters. The first-order valence-corrected chi connectivity index (χ1v) is 5.99. The molecule has 0 spiro atoms. The van der Waals surface area contributed by atoms with Gasteiger partial charge in [-0.3, -0.25) is 14.2 Å². The highest BCUT2D eigenvalue weighted by Gasteiger charge is 2.15. The van der Waals surface area contributed by atoms with Gasteiger partial charge >= 0.3 is 0 Å². The van der Waals surface area contributed by atoms with Crippen molar-refractivity contribution in [3.63, 3.8) is 0 Å². The maximum absolute atomic E-state index is 12.5. The van der Waals surface area contributed by atoms with E-state index in [9.17, 15) is 13.6 Å². The van der Waals surface area contributed by atoms with Crippen LogP contribution in [0, 0.1) is 13.8 Å². The largest absolute Gasteiger partial charge is 0.322 e. The van der Waals surface area contributed by atoms with E-state index >= 15 is 0 Å². The number of aromatic nitrogens is 4. The van der Waals surface area contributed by atoms with Crippen LogP contribution in [0.5, 0.6) is 0 Å².